The average Bonchev–Trinajstić information content (AvgIpc) is 3.73. The summed E-state index contributed by atoms with van der Waals surface area (Å²) in [6, 6.07) is 13.1. The van der Waals surface area contributed by atoms with Gasteiger partial charge in [-0.05, 0) is 93.4 Å². The van der Waals surface area contributed by atoms with Crippen LogP contribution in [0.1, 0.15) is 85.1 Å². The molecule has 1 aliphatic carbocycles. The first-order chi connectivity index (χ1) is 18.9. The zero-order valence-electron chi connectivity index (χ0n) is 23.1. The molecule has 0 radical (unpaired) electrons. The molecule has 7 rings (SSSR count). The average molecular weight is 540 g/mol. The highest BCUT2D eigenvalue weighted by Gasteiger charge is 2.41. The summed E-state index contributed by atoms with van der Waals surface area (Å²) in [5, 5.41) is 10.3. The van der Waals surface area contributed by atoms with Gasteiger partial charge >= 0.3 is 0 Å². The van der Waals surface area contributed by atoms with Crippen molar-refractivity contribution in [2.45, 2.75) is 68.7 Å². The standard InChI is InChI=1S/C32H37N5OS/c1-32(2)25-19-27(36-15-9-22(10-16-36)35-11-3-4-12-35)28(39-37-13-5-6-14-37)18-24(25)30(38)29-23-8-7-21(20-33)17-26(23)34-31(29)32/h7-8,17-19,22,34H,3-6,9-16H2,1-2H3. The summed E-state index contributed by atoms with van der Waals surface area (Å²) < 4.78 is 2.47. The minimum atomic E-state index is -0.357. The van der Waals surface area contributed by atoms with E-state index in [4.69, 9.17) is 0 Å². The zero-order chi connectivity index (χ0) is 26.7. The highest BCUT2D eigenvalue weighted by atomic mass is 32.2. The van der Waals surface area contributed by atoms with Gasteiger partial charge in [0.2, 0.25) is 0 Å². The molecule has 1 aromatic heterocycles. The van der Waals surface area contributed by atoms with Gasteiger partial charge in [-0.3, -0.25) is 4.79 Å². The van der Waals surface area contributed by atoms with Crippen LogP contribution in [0.4, 0.5) is 5.69 Å². The summed E-state index contributed by atoms with van der Waals surface area (Å²) >= 11 is 1.85. The van der Waals surface area contributed by atoms with Crippen LogP contribution in [-0.2, 0) is 5.41 Å². The van der Waals surface area contributed by atoms with Gasteiger partial charge in [0.15, 0.2) is 5.78 Å². The number of fused-ring (bicyclic) bond motifs is 4. The van der Waals surface area contributed by atoms with Gasteiger partial charge in [-0.2, -0.15) is 5.26 Å². The van der Waals surface area contributed by atoms with E-state index in [0.29, 0.717) is 11.6 Å². The van der Waals surface area contributed by atoms with Crippen LogP contribution in [0.5, 0.6) is 0 Å². The van der Waals surface area contributed by atoms with Gasteiger partial charge in [0.05, 0.1) is 22.9 Å². The summed E-state index contributed by atoms with van der Waals surface area (Å²) in [6.07, 6.45) is 7.59. The first kappa shape index (κ1) is 25.2. The number of anilines is 1. The van der Waals surface area contributed by atoms with Crippen molar-refractivity contribution in [3.8, 4) is 6.07 Å². The minimum absolute atomic E-state index is 0.0952. The number of hydrogen-bond donors (Lipinski definition) is 1. The van der Waals surface area contributed by atoms with Gasteiger partial charge in [-0.15, -0.1) is 0 Å². The molecule has 7 heteroatoms. The number of hydrogen-bond acceptors (Lipinski definition) is 6. The molecule has 2 aromatic carbocycles. The minimum Gasteiger partial charge on any atom is -0.370 e. The summed E-state index contributed by atoms with van der Waals surface area (Å²) in [6.45, 7) is 11.3. The van der Waals surface area contributed by atoms with Crippen LogP contribution in [0.25, 0.3) is 10.9 Å². The monoisotopic (exact) mass is 539 g/mol. The number of piperidine rings is 1. The van der Waals surface area contributed by atoms with Crippen molar-refractivity contribution >= 4 is 34.3 Å². The summed E-state index contributed by atoms with van der Waals surface area (Å²) in [5.74, 6) is 0.0952. The molecule has 0 bridgehead atoms. The van der Waals surface area contributed by atoms with Crippen LogP contribution < -0.4 is 4.90 Å². The van der Waals surface area contributed by atoms with E-state index in [0.717, 1.165) is 59.5 Å². The van der Waals surface area contributed by atoms with Crippen LogP contribution in [0.15, 0.2) is 35.2 Å². The van der Waals surface area contributed by atoms with Crippen LogP contribution in [0, 0.1) is 11.3 Å². The molecule has 0 saturated carbocycles. The highest BCUT2D eigenvalue weighted by molar-refractivity contribution is 7.97. The molecule has 4 aliphatic rings. The van der Waals surface area contributed by atoms with Crippen molar-refractivity contribution in [3.63, 3.8) is 0 Å². The number of nitrogens with one attached hydrogen (secondary N) is 1. The number of nitrogens with zero attached hydrogens (tertiary/aromatic N) is 4. The van der Waals surface area contributed by atoms with Gasteiger partial charge < -0.3 is 14.8 Å². The SMILES string of the molecule is CC1(C)c2cc(N3CCC(N4CCCC4)CC3)c(SN3CCCC3)cc2C(=O)c2c1[nH]c1cc(C#N)ccc21. The first-order valence-corrected chi connectivity index (χ1v) is 15.4. The Balaban J connectivity index is 1.30. The molecule has 1 N–H and O–H groups in total. The Morgan fingerprint density at radius 3 is 2.41 bits per heavy atom. The molecular formula is C32H37N5OS. The van der Waals surface area contributed by atoms with E-state index < -0.39 is 0 Å². The zero-order valence-corrected chi connectivity index (χ0v) is 23.9. The maximum Gasteiger partial charge on any atom is 0.195 e. The Hall–Kier alpha value is -2.79. The number of ketones is 1. The van der Waals surface area contributed by atoms with Crippen LogP contribution >= 0.6 is 11.9 Å². The van der Waals surface area contributed by atoms with Gasteiger partial charge in [-0.25, -0.2) is 4.31 Å². The third kappa shape index (κ3) is 4.20. The fourth-order valence-electron chi connectivity index (χ4n) is 7.33. The molecule has 0 atom stereocenters. The number of carbonyl (C=O) groups is 1. The van der Waals surface area contributed by atoms with Crippen molar-refractivity contribution in [1.29, 1.82) is 5.26 Å². The topological polar surface area (TPSA) is 66.4 Å². The molecule has 0 unspecified atom stereocenters. The van der Waals surface area contributed by atoms with Crippen molar-refractivity contribution in [3.05, 3.63) is 58.3 Å². The molecule has 202 valence electrons. The Morgan fingerprint density at radius 2 is 1.69 bits per heavy atom. The number of benzene rings is 2. The largest absolute Gasteiger partial charge is 0.370 e. The Kier molecular flexibility index (Phi) is 6.26. The normalized spacial score (nSPS) is 21.9. The van der Waals surface area contributed by atoms with Gasteiger partial charge in [0.25, 0.3) is 0 Å². The van der Waals surface area contributed by atoms with E-state index >= 15 is 0 Å². The quantitative estimate of drug-likeness (QED) is 0.406. The van der Waals surface area contributed by atoms with E-state index in [-0.39, 0.29) is 11.2 Å². The Morgan fingerprint density at radius 1 is 0.974 bits per heavy atom. The molecule has 0 spiro atoms. The molecule has 3 aliphatic heterocycles. The van der Waals surface area contributed by atoms with E-state index in [1.165, 1.54) is 62.2 Å². The molecular weight excluding hydrogens is 502 g/mol. The lowest BCUT2D eigenvalue weighted by atomic mass is 9.71. The molecule has 3 fully saturated rings. The number of aromatic amines is 1. The predicted molar refractivity (Wildman–Crippen MR) is 158 cm³/mol. The van der Waals surface area contributed by atoms with E-state index in [1.807, 2.05) is 30.1 Å². The van der Waals surface area contributed by atoms with Crippen LogP contribution in [-0.4, -0.2) is 65.3 Å². The lowest BCUT2D eigenvalue weighted by Gasteiger charge is -2.40. The fraction of sp³-hybridized carbons (Fsp3) is 0.500. The van der Waals surface area contributed by atoms with Crippen molar-refractivity contribution < 1.29 is 4.79 Å². The van der Waals surface area contributed by atoms with E-state index in [1.54, 1.807) is 0 Å². The number of rotatable bonds is 4. The second kappa shape index (κ2) is 9.69. The van der Waals surface area contributed by atoms with Gasteiger partial charge in [0, 0.05) is 64.7 Å². The summed E-state index contributed by atoms with van der Waals surface area (Å²) in [7, 11) is 0. The van der Waals surface area contributed by atoms with Crippen LogP contribution in [0.3, 0.4) is 0 Å². The third-order valence-electron chi connectivity index (χ3n) is 9.55. The van der Waals surface area contributed by atoms with Gasteiger partial charge in [-0.1, -0.05) is 19.9 Å². The van der Waals surface area contributed by atoms with E-state index in [2.05, 4.69) is 51.1 Å². The maximum absolute atomic E-state index is 14.2. The molecule has 6 nitrogen and oxygen atoms in total. The number of likely N-dealkylation sites (tertiary alicyclic amines) is 1. The first-order valence-electron chi connectivity index (χ1n) is 14.7. The summed E-state index contributed by atoms with van der Waals surface area (Å²) in [5.41, 5.74) is 6.07. The van der Waals surface area contributed by atoms with Gasteiger partial charge in [0.1, 0.15) is 0 Å². The van der Waals surface area contributed by atoms with Crippen LogP contribution in [0.2, 0.25) is 0 Å². The highest BCUT2D eigenvalue weighted by Crippen LogP contribution is 2.48. The number of H-pyrrole nitrogens is 1. The molecule has 39 heavy (non-hydrogen) atoms. The predicted octanol–water partition coefficient (Wildman–Crippen LogP) is 6.08. The molecule has 0 amide bonds. The number of carbonyl (C=O) groups excluding carboxylic acids is 1. The summed E-state index contributed by atoms with van der Waals surface area (Å²) in [4.78, 5) is 24.2. The number of nitriles is 1. The van der Waals surface area contributed by atoms with Crippen molar-refractivity contribution in [1.82, 2.24) is 14.2 Å². The second-order valence-corrected chi connectivity index (χ2v) is 13.4. The smallest absolute Gasteiger partial charge is 0.195 e. The maximum atomic E-state index is 14.2. The van der Waals surface area contributed by atoms with Crippen molar-refractivity contribution in [2.75, 3.05) is 44.2 Å². The molecule has 3 saturated heterocycles. The molecule has 4 heterocycles. The third-order valence-corrected chi connectivity index (χ3v) is 10.7. The lowest BCUT2D eigenvalue weighted by molar-refractivity contribution is 0.103. The fourth-order valence-corrected chi connectivity index (χ4v) is 8.50. The molecule has 3 aromatic rings. The second-order valence-electron chi connectivity index (χ2n) is 12.3. The Bertz CT molecular complexity index is 1480. The Labute approximate surface area is 235 Å². The van der Waals surface area contributed by atoms with E-state index in [9.17, 15) is 10.1 Å². The van der Waals surface area contributed by atoms with Crippen molar-refractivity contribution in [2.24, 2.45) is 0 Å². The lowest BCUT2D eigenvalue weighted by Crippen LogP contribution is -2.44. The number of aromatic nitrogens is 1.